The molecule has 5 nitrogen and oxygen atoms in total. The lowest BCUT2D eigenvalue weighted by molar-refractivity contribution is 0.0988. The largest absolute Gasteiger partial charge is 0.480 e. The molecular weight excluding hydrogens is 242 g/mol. The number of Topliss-reactive ketones (excluding diaryl/α,β-unsaturated/α-hetero) is 1. The second-order valence-electron chi connectivity index (χ2n) is 4.54. The Hall–Kier alpha value is -2.17. The van der Waals surface area contributed by atoms with E-state index in [0.717, 1.165) is 5.69 Å². The van der Waals surface area contributed by atoms with E-state index in [1.54, 1.807) is 18.3 Å². The van der Waals surface area contributed by atoms with Crippen molar-refractivity contribution in [3.05, 3.63) is 41.9 Å². The molecule has 0 aromatic carbocycles. The number of rotatable bonds is 5. The van der Waals surface area contributed by atoms with Crippen LogP contribution in [0.4, 0.5) is 0 Å². The first kappa shape index (κ1) is 13.3. The van der Waals surface area contributed by atoms with Crippen LogP contribution in [0.2, 0.25) is 0 Å². The molecule has 0 aliphatic rings. The van der Waals surface area contributed by atoms with Gasteiger partial charge in [-0.15, -0.1) is 0 Å². The van der Waals surface area contributed by atoms with E-state index in [9.17, 15) is 4.79 Å². The van der Waals surface area contributed by atoms with Crippen molar-refractivity contribution < 1.29 is 9.53 Å². The Labute approximate surface area is 112 Å². The fraction of sp³-hybridized carbons (Fsp3) is 0.357. The lowest BCUT2D eigenvalue weighted by Gasteiger charge is -2.05. The summed E-state index contributed by atoms with van der Waals surface area (Å²) in [4.78, 5) is 16.2. The van der Waals surface area contributed by atoms with Crippen LogP contribution >= 0.6 is 0 Å². The van der Waals surface area contributed by atoms with Gasteiger partial charge in [-0.1, -0.05) is 0 Å². The van der Waals surface area contributed by atoms with Crippen LogP contribution in [0, 0.1) is 0 Å². The normalized spacial score (nSPS) is 10.7. The van der Waals surface area contributed by atoms with Crippen molar-refractivity contribution in [3.63, 3.8) is 0 Å². The minimum absolute atomic E-state index is 0.0426. The van der Waals surface area contributed by atoms with E-state index in [0.29, 0.717) is 11.4 Å². The fourth-order valence-electron chi connectivity index (χ4n) is 1.78. The first-order valence-corrected chi connectivity index (χ1v) is 6.18. The minimum Gasteiger partial charge on any atom is -0.480 e. The molecule has 5 heteroatoms. The van der Waals surface area contributed by atoms with E-state index >= 15 is 0 Å². The maximum atomic E-state index is 12.2. The number of ether oxygens (including phenoxy) is 1. The molecule has 0 bridgehead atoms. The number of ketones is 1. The number of carbonyl (C=O) groups is 1. The fourth-order valence-corrected chi connectivity index (χ4v) is 1.78. The molecular formula is C14H17N3O2. The molecule has 2 aromatic rings. The van der Waals surface area contributed by atoms with Crippen molar-refractivity contribution in [2.45, 2.75) is 26.3 Å². The van der Waals surface area contributed by atoms with Crippen molar-refractivity contribution in [3.8, 4) is 5.88 Å². The lowest BCUT2D eigenvalue weighted by Crippen LogP contribution is -2.08. The molecule has 0 radical (unpaired) electrons. The monoisotopic (exact) mass is 259 g/mol. The quantitative estimate of drug-likeness (QED) is 0.773. The third kappa shape index (κ3) is 2.99. The molecule has 0 unspecified atom stereocenters. The summed E-state index contributed by atoms with van der Waals surface area (Å²) in [5, 5.41) is 4.37. The molecule has 0 saturated carbocycles. The van der Waals surface area contributed by atoms with Gasteiger partial charge in [0.15, 0.2) is 5.78 Å². The van der Waals surface area contributed by atoms with Crippen LogP contribution in [0.25, 0.3) is 0 Å². The first-order chi connectivity index (χ1) is 9.11. The van der Waals surface area contributed by atoms with E-state index in [1.807, 2.05) is 30.8 Å². The number of carbonyl (C=O) groups excluding carboxylic acids is 1. The molecule has 0 atom stereocenters. The van der Waals surface area contributed by atoms with E-state index in [2.05, 4.69) is 10.1 Å². The number of pyridine rings is 1. The van der Waals surface area contributed by atoms with E-state index in [4.69, 9.17) is 4.74 Å². The van der Waals surface area contributed by atoms with Crippen LogP contribution in [-0.4, -0.2) is 27.7 Å². The van der Waals surface area contributed by atoms with Gasteiger partial charge in [0.2, 0.25) is 5.88 Å². The maximum Gasteiger partial charge on any atom is 0.224 e. The van der Waals surface area contributed by atoms with Crippen LogP contribution < -0.4 is 4.74 Å². The van der Waals surface area contributed by atoms with Gasteiger partial charge < -0.3 is 4.74 Å². The van der Waals surface area contributed by atoms with Gasteiger partial charge in [-0.25, -0.2) is 4.98 Å². The zero-order chi connectivity index (χ0) is 13.8. The van der Waals surface area contributed by atoms with Gasteiger partial charge in [0.05, 0.1) is 24.8 Å². The van der Waals surface area contributed by atoms with Gasteiger partial charge in [-0.05, 0) is 32.0 Å². The van der Waals surface area contributed by atoms with Crippen LogP contribution in [0.1, 0.15) is 35.9 Å². The molecule has 0 fully saturated rings. The van der Waals surface area contributed by atoms with Crippen molar-refractivity contribution in [2.75, 3.05) is 7.11 Å². The number of hydrogen-bond acceptors (Lipinski definition) is 4. The highest BCUT2D eigenvalue weighted by Crippen LogP contribution is 2.16. The van der Waals surface area contributed by atoms with Gasteiger partial charge in [0, 0.05) is 18.4 Å². The van der Waals surface area contributed by atoms with Gasteiger partial charge >= 0.3 is 0 Å². The SMILES string of the molecule is COc1ncccc1C(=O)Cc1ccn(C(C)C)n1. The summed E-state index contributed by atoms with van der Waals surface area (Å²) in [6.45, 7) is 4.09. The molecule has 100 valence electrons. The van der Waals surface area contributed by atoms with E-state index in [-0.39, 0.29) is 18.2 Å². The van der Waals surface area contributed by atoms with Crippen molar-refractivity contribution in [1.29, 1.82) is 0 Å². The summed E-state index contributed by atoms with van der Waals surface area (Å²) in [7, 11) is 1.51. The number of methoxy groups -OCH3 is 1. The average Bonchev–Trinajstić information content (AvgIpc) is 2.87. The molecule has 0 aliphatic carbocycles. The summed E-state index contributed by atoms with van der Waals surface area (Å²) in [5.41, 5.74) is 1.24. The third-order valence-corrected chi connectivity index (χ3v) is 2.80. The standard InChI is InChI=1S/C14H17N3O2/c1-10(2)17-8-6-11(16-17)9-13(18)12-5-4-7-15-14(12)19-3/h4-8,10H,9H2,1-3H3. The highest BCUT2D eigenvalue weighted by molar-refractivity contribution is 5.99. The Morgan fingerprint density at radius 1 is 1.42 bits per heavy atom. The average molecular weight is 259 g/mol. The Balaban J connectivity index is 2.16. The second-order valence-corrected chi connectivity index (χ2v) is 4.54. The molecule has 19 heavy (non-hydrogen) atoms. The summed E-state index contributed by atoms with van der Waals surface area (Å²) < 4.78 is 6.93. The van der Waals surface area contributed by atoms with Crippen LogP contribution in [0.3, 0.4) is 0 Å². The zero-order valence-corrected chi connectivity index (χ0v) is 11.3. The van der Waals surface area contributed by atoms with Gasteiger partial charge in [-0.2, -0.15) is 5.10 Å². The van der Waals surface area contributed by atoms with Crippen molar-refractivity contribution >= 4 is 5.78 Å². The number of hydrogen-bond donors (Lipinski definition) is 0. The lowest BCUT2D eigenvalue weighted by atomic mass is 10.1. The molecule has 2 aromatic heterocycles. The minimum atomic E-state index is -0.0426. The second kappa shape index (κ2) is 5.65. The van der Waals surface area contributed by atoms with E-state index in [1.165, 1.54) is 7.11 Å². The first-order valence-electron chi connectivity index (χ1n) is 6.18. The topological polar surface area (TPSA) is 57.0 Å². The summed E-state index contributed by atoms with van der Waals surface area (Å²) in [6, 6.07) is 5.59. The highest BCUT2D eigenvalue weighted by atomic mass is 16.5. The molecule has 0 spiro atoms. The highest BCUT2D eigenvalue weighted by Gasteiger charge is 2.15. The van der Waals surface area contributed by atoms with Crippen LogP contribution in [0.15, 0.2) is 30.6 Å². The predicted molar refractivity (Wildman–Crippen MR) is 71.4 cm³/mol. The smallest absolute Gasteiger partial charge is 0.224 e. The molecule has 0 aliphatic heterocycles. The zero-order valence-electron chi connectivity index (χ0n) is 11.3. The summed E-state index contributed by atoms with van der Waals surface area (Å²) in [6.07, 6.45) is 3.73. The third-order valence-electron chi connectivity index (χ3n) is 2.80. The van der Waals surface area contributed by atoms with E-state index < -0.39 is 0 Å². The van der Waals surface area contributed by atoms with Crippen molar-refractivity contribution in [1.82, 2.24) is 14.8 Å². The Kier molecular flexibility index (Phi) is 3.94. The summed E-state index contributed by atoms with van der Waals surface area (Å²) >= 11 is 0. The van der Waals surface area contributed by atoms with Crippen LogP contribution in [0.5, 0.6) is 5.88 Å². The molecule has 0 N–H and O–H groups in total. The number of aromatic nitrogens is 3. The number of nitrogens with zero attached hydrogens (tertiary/aromatic N) is 3. The summed E-state index contributed by atoms with van der Waals surface area (Å²) in [5.74, 6) is 0.315. The Bertz CT molecular complexity index is 576. The Morgan fingerprint density at radius 2 is 2.21 bits per heavy atom. The van der Waals surface area contributed by atoms with Gasteiger partial charge in [-0.3, -0.25) is 9.48 Å². The van der Waals surface area contributed by atoms with Crippen LogP contribution in [-0.2, 0) is 6.42 Å². The van der Waals surface area contributed by atoms with Gasteiger partial charge in [0.25, 0.3) is 0 Å². The predicted octanol–water partition coefficient (Wildman–Crippen LogP) is 2.29. The van der Waals surface area contributed by atoms with Crippen molar-refractivity contribution in [2.24, 2.45) is 0 Å². The maximum absolute atomic E-state index is 12.2. The molecule has 2 rings (SSSR count). The Morgan fingerprint density at radius 3 is 2.84 bits per heavy atom. The van der Waals surface area contributed by atoms with Gasteiger partial charge in [0.1, 0.15) is 0 Å². The molecule has 0 saturated heterocycles. The molecule has 0 amide bonds. The molecule has 2 heterocycles.